The van der Waals surface area contributed by atoms with Crippen LogP contribution in [0.5, 0.6) is 5.75 Å². The average Bonchev–Trinajstić information content (AvgIpc) is 2.75. The Balaban J connectivity index is 1.98. The molecule has 1 heterocycles. The number of benzene rings is 1. The lowest BCUT2D eigenvalue weighted by atomic mass is 10.1. The van der Waals surface area contributed by atoms with Crippen LogP contribution in [0.2, 0.25) is 5.02 Å². The molecule has 1 fully saturated rings. The summed E-state index contributed by atoms with van der Waals surface area (Å²) in [7, 11) is 2.09. The first kappa shape index (κ1) is 13.4. The number of likely N-dealkylation sites (tertiary alicyclic amines) is 1. The number of ether oxygens (including phenoxy) is 1. The zero-order valence-corrected chi connectivity index (χ0v) is 11.3. The van der Waals surface area contributed by atoms with Crippen LogP contribution in [0.1, 0.15) is 18.4 Å². The smallest absolute Gasteiger partial charge is 0.138 e. The first-order valence-electron chi connectivity index (χ1n) is 6.26. The van der Waals surface area contributed by atoms with Crippen LogP contribution in [0.4, 0.5) is 0 Å². The van der Waals surface area contributed by atoms with Crippen molar-refractivity contribution < 1.29 is 9.53 Å². The van der Waals surface area contributed by atoms with Gasteiger partial charge in [0.05, 0.1) is 5.02 Å². The molecule has 0 saturated carbocycles. The van der Waals surface area contributed by atoms with Crippen LogP contribution >= 0.6 is 11.6 Å². The van der Waals surface area contributed by atoms with Crippen molar-refractivity contribution in [1.82, 2.24) is 4.90 Å². The van der Waals surface area contributed by atoms with Crippen molar-refractivity contribution in [3.05, 3.63) is 28.8 Å². The minimum atomic E-state index is 0.230. The standard InChI is InChI=1S/C14H18ClNO2/c1-16-7-6-12(10-16)18-14-5-4-11(3-2-8-17)9-13(14)15/h4-5,8-9,12H,2-3,6-7,10H2,1H3. The predicted molar refractivity (Wildman–Crippen MR) is 72.4 cm³/mol. The maximum absolute atomic E-state index is 10.3. The van der Waals surface area contributed by atoms with Crippen molar-refractivity contribution in [2.24, 2.45) is 0 Å². The molecule has 0 amide bonds. The summed E-state index contributed by atoms with van der Waals surface area (Å²) in [5.74, 6) is 0.742. The van der Waals surface area contributed by atoms with E-state index in [4.69, 9.17) is 16.3 Å². The molecule has 0 N–H and O–H groups in total. The van der Waals surface area contributed by atoms with E-state index in [0.717, 1.165) is 43.5 Å². The van der Waals surface area contributed by atoms with Gasteiger partial charge >= 0.3 is 0 Å². The number of aryl methyl sites for hydroxylation is 1. The second-order valence-electron chi connectivity index (χ2n) is 4.76. The Hall–Kier alpha value is -1.06. The Labute approximate surface area is 113 Å². The van der Waals surface area contributed by atoms with Crippen LogP contribution in [0, 0.1) is 0 Å². The molecule has 1 unspecified atom stereocenters. The van der Waals surface area contributed by atoms with Crippen molar-refractivity contribution >= 4 is 17.9 Å². The highest BCUT2D eigenvalue weighted by Gasteiger charge is 2.21. The topological polar surface area (TPSA) is 29.5 Å². The number of hydrogen-bond donors (Lipinski definition) is 0. The van der Waals surface area contributed by atoms with Crippen LogP contribution in [0.3, 0.4) is 0 Å². The van der Waals surface area contributed by atoms with E-state index >= 15 is 0 Å². The zero-order valence-electron chi connectivity index (χ0n) is 10.6. The van der Waals surface area contributed by atoms with E-state index in [0.29, 0.717) is 11.4 Å². The molecule has 1 aliphatic heterocycles. The first-order valence-corrected chi connectivity index (χ1v) is 6.64. The molecular formula is C14H18ClNO2. The third-order valence-corrected chi connectivity index (χ3v) is 3.48. The van der Waals surface area contributed by atoms with E-state index in [-0.39, 0.29) is 6.10 Å². The Kier molecular flexibility index (Phi) is 4.61. The molecule has 2 rings (SSSR count). The minimum absolute atomic E-state index is 0.230. The Morgan fingerprint density at radius 3 is 3.00 bits per heavy atom. The molecule has 98 valence electrons. The van der Waals surface area contributed by atoms with Crippen molar-refractivity contribution in [2.45, 2.75) is 25.4 Å². The van der Waals surface area contributed by atoms with Crippen LogP contribution in [-0.2, 0) is 11.2 Å². The molecule has 0 aliphatic carbocycles. The Morgan fingerprint density at radius 2 is 2.39 bits per heavy atom. The van der Waals surface area contributed by atoms with Crippen LogP contribution < -0.4 is 4.74 Å². The van der Waals surface area contributed by atoms with E-state index in [1.807, 2.05) is 18.2 Å². The number of carbonyl (C=O) groups excluding carboxylic acids is 1. The Bertz CT molecular complexity index is 422. The number of likely N-dealkylation sites (N-methyl/N-ethyl adjacent to an activating group) is 1. The molecular weight excluding hydrogens is 250 g/mol. The van der Waals surface area contributed by atoms with Gasteiger partial charge in [-0.25, -0.2) is 0 Å². The molecule has 1 aromatic rings. The van der Waals surface area contributed by atoms with Crippen molar-refractivity contribution in [1.29, 1.82) is 0 Å². The highest BCUT2D eigenvalue weighted by Crippen LogP contribution is 2.28. The second-order valence-corrected chi connectivity index (χ2v) is 5.17. The maximum Gasteiger partial charge on any atom is 0.138 e. The fourth-order valence-corrected chi connectivity index (χ4v) is 2.44. The van der Waals surface area contributed by atoms with Crippen molar-refractivity contribution in [2.75, 3.05) is 20.1 Å². The second kappa shape index (κ2) is 6.21. The van der Waals surface area contributed by atoms with Gasteiger partial charge in [0.2, 0.25) is 0 Å². The van der Waals surface area contributed by atoms with Crippen LogP contribution in [0.25, 0.3) is 0 Å². The molecule has 1 aliphatic rings. The van der Waals surface area contributed by atoms with Crippen molar-refractivity contribution in [3.8, 4) is 5.75 Å². The summed E-state index contributed by atoms with van der Waals surface area (Å²) in [6.07, 6.45) is 3.46. The third kappa shape index (κ3) is 3.47. The molecule has 0 aromatic heterocycles. The third-order valence-electron chi connectivity index (χ3n) is 3.19. The lowest BCUT2D eigenvalue weighted by Gasteiger charge is -2.15. The lowest BCUT2D eigenvalue weighted by Crippen LogP contribution is -2.21. The van der Waals surface area contributed by atoms with Gasteiger partial charge < -0.3 is 14.4 Å². The summed E-state index contributed by atoms with van der Waals surface area (Å²) in [6, 6.07) is 5.77. The number of hydrogen-bond acceptors (Lipinski definition) is 3. The molecule has 1 saturated heterocycles. The van der Waals surface area contributed by atoms with E-state index in [1.54, 1.807) is 0 Å². The number of carbonyl (C=O) groups is 1. The fraction of sp³-hybridized carbons (Fsp3) is 0.500. The fourth-order valence-electron chi connectivity index (χ4n) is 2.19. The van der Waals surface area contributed by atoms with Gasteiger partial charge in [-0.05, 0) is 37.6 Å². The van der Waals surface area contributed by atoms with Gasteiger partial charge in [-0.15, -0.1) is 0 Å². The van der Waals surface area contributed by atoms with Gasteiger partial charge in [-0.3, -0.25) is 0 Å². The van der Waals surface area contributed by atoms with Crippen LogP contribution in [-0.4, -0.2) is 37.4 Å². The molecule has 3 nitrogen and oxygen atoms in total. The summed E-state index contributed by atoms with van der Waals surface area (Å²) in [5, 5.41) is 0.632. The summed E-state index contributed by atoms with van der Waals surface area (Å²) < 4.78 is 5.89. The SMILES string of the molecule is CN1CCC(Oc2ccc(CCC=O)cc2Cl)C1. The molecule has 1 aromatic carbocycles. The normalized spacial score (nSPS) is 20.0. The summed E-state index contributed by atoms with van der Waals surface area (Å²) in [5.41, 5.74) is 1.07. The molecule has 4 heteroatoms. The lowest BCUT2D eigenvalue weighted by molar-refractivity contribution is -0.107. The summed E-state index contributed by atoms with van der Waals surface area (Å²) >= 11 is 6.20. The zero-order chi connectivity index (χ0) is 13.0. The maximum atomic E-state index is 10.3. The molecule has 0 radical (unpaired) electrons. The van der Waals surface area contributed by atoms with Gasteiger partial charge in [0, 0.05) is 19.5 Å². The minimum Gasteiger partial charge on any atom is -0.487 e. The molecule has 18 heavy (non-hydrogen) atoms. The highest BCUT2D eigenvalue weighted by atomic mass is 35.5. The van der Waals surface area contributed by atoms with E-state index < -0.39 is 0 Å². The number of halogens is 1. The monoisotopic (exact) mass is 267 g/mol. The van der Waals surface area contributed by atoms with Gasteiger partial charge in [0.25, 0.3) is 0 Å². The quantitative estimate of drug-likeness (QED) is 0.768. The predicted octanol–water partition coefficient (Wildman–Crippen LogP) is 2.55. The number of nitrogens with zero attached hydrogens (tertiary/aromatic N) is 1. The highest BCUT2D eigenvalue weighted by molar-refractivity contribution is 6.32. The summed E-state index contributed by atoms with van der Waals surface area (Å²) in [6.45, 7) is 2.02. The van der Waals surface area contributed by atoms with Gasteiger partial charge in [0.1, 0.15) is 18.1 Å². The first-order chi connectivity index (χ1) is 8.69. The molecule has 1 atom stereocenters. The Morgan fingerprint density at radius 1 is 1.56 bits per heavy atom. The van der Waals surface area contributed by atoms with E-state index in [1.165, 1.54) is 0 Å². The summed E-state index contributed by atoms with van der Waals surface area (Å²) in [4.78, 5) is 12.6. The van der Waals surface area contributed by atoms with Crippen molar-refractivity contribution in [3.63, 3.8) is 0 Å². The molecule has 0 spiro atoms. The van der Waals surface area contributed by atoms with E-state index in [2.05, 4.69) is 11.9 Å². The number of aldehydes is 1. The van der Waals surface area contributed by atoms with E-state index in [9.17, 15) is 4.79 Å². The van der Waals surface area contributed by atoms with Gasteiger partial charge in [0.15, 0.2) is 0 Å². The largest absolute Gasteiger partial charge is 0.487 e. The average molecular weight is 268 g/mol. The van der Waals surface area contributed by atoms with Crippen LogP contribution in [0.15, 0.2) is 18.2 Å². The van der Waals surface area contributed by atoms with Gasteiger partial charge in [-0.2, -0.15) is 0 Å². The molecule has 0 bridgehead atoms. The number of rotatable bonds is 5. The van der Waals surface area contributed by atoms with Gasteiger partial charge in [-0.1, -0.05) is 17.7 Å².